The van der Waals surface area contributed by atoms with Gasteiger partial charge in [0.25, 0.3) is 0 Å². The molecule has 1 aliphatic rings. The predicted molar refractivity (Wildman–Crippen MR) is 99.1 cm³/mol. The third kappa shape index (κ3) is 4.16. The largest absolute Gasteiger partial charge is 0.348 e. The second-order valence-corrected chi connectivity index (χ2v) is 6.89. The molecule has 1 aromatic carbocycles. The summed E-state index contributed by atoms with van der Waals surface area (Å²) in [5.74, 6) is 1.02. The van der Waals surface area contributed by atoms with Gasteiger partial charge in [0.15, 0.2) is 0 Å². The Balaban J connectivity index is 1.56. The lowest BCUT2D eigenvalue weighted by Gasteiger charge is -2.22. The lowest BCUT2D eigenvalue weighted by atomic mass is 10.2. The molecule has 1 fully saturated rings. The molecule has 0 saturated carbocycles. The van der Waals surface area contributed by atoms with Crippen molar-refractivity contribution in [3.63, 3.8) is 0 Å². The first kappa shape index (κ1) is 17.0. The Labute approximate surface area is 145 Å². The highest BCUT2D eigenvalue weighted by Crippen LogP contribution is 2.15. The number of aromatic nitrogens is 2. The van der Waals surface area contributed by atoms with Crippen LogP contribution in [0.1, 0.15) is 17.7 Å². The molecule has 0 radical (unpaired) electrons. The van der Waals surface area contributed by atoms with Gasteiger partial charge in [-0.2, -0.15) is 0 Å². The van der Waals surface area contributed by atoms with Gasteiger partial charge in [-0.3, -0.25) is 9.80 Å². The van der Waals surface area contributed by atoms with Crippen molar-refractivity contribution in [3.05, 3.63) is 47.8 Å². The van der Waals surface area contributed by atoms with E-state index >= 15 is 0 Å². The van der Waals surface area contributed by atoms with Crippen LogP contribution in [0.25, 0.3) is 0 Å². The summed E-state index contributed by atoms with van der Waals surface area (Å²) < 4.78 is 2.20. The number of imidazole rings is 1. The van der Waals surface area contributed by atoms with Crippen molar-refractivity contribution in [2.24, 2.45) is 7.05 Å². The van der Waals surface area contributed by atoms with Crippen molar-refractivity contribution < 1.29 is 0 Å². The van der Waals surface area contributed by atoms with Crippen molar-refractivity contribution in [1.29, 1.82) is 0 Å². The fourth-order valence-corrected chi connectivity index (χ4v) is 3.41. The van der Waals surface area contributed by atoms with Crippen LogP contribution in [0.5, 0.6) is 0 Å². The summed E-state index contributed by atoms with van der Waals surface area (Å²) in [6, 6.07) is 10.8. The summed E-state index contributed by atoms with van der Waals surface area (Å²) in [6.07, 6.45) is 3.24. The molecular formula is C19H29N5. The van der Waals surface area contributed by atoms with Crippen LogP contribution in [-0.4, -0.2) is 59.6 Å². The Hall–Kier alpha value is -1.85. The van der Waals surface area contributed by atoms with Gasteiger partial charge >= 0.3 is 0 Å². The molecule has 3 rings (SSSR count). The normalized spacial score (nSPS) is 17.0. The Bertz CT molecular complexity index is 634. The van der Waals surface area contributed by atoms with E-state index in [4.69, 9.17) is 0 Å². The monoisotopic (exact) mass is 327 g/mol. The van der Waals surface area contributed by atoms with Crippen molar-refractivity contribution >= 4 is 5.95 Å². The molecule has 0 atom stereocenters. The maximum absolute atomic E-state index is 4.53. The lowest BCUT2D eigenvalue weighted by molar-refractivity contribution is 0.244. The zero-order valence-electron chi connectivity index (χ0n) is 15.1. The highest BCUT2D eigenvalue weighted by Gasteiger charge is 2.17. The van der Waals surface area contributed by atoms with Gasteiger partial charge in [-0.15, -0.1) is 0 Å². The van der Waals surface area contributed by atoms with Gasteiger partial charge in [-0.1, -0.05) is 30.3 Å². The average Bonchev–Trinajstić information content (AvgIpc) is 2.79. The SMILES string of the molecule is CN(C)c1ncc(CN2CCCN(Cc3ccccc3)CC2)n1C. The van der Waals surface area contributed by atoms with Crippen LogP contribution < -0.4 is 4.90 Å². The molecule has 5 nitrogen and oxygen atoms in total. The first-order valence-corrected chi connectivity index (χ1v) is 8.80. The number of nitrogens with zero attached hydrogens (tertiary/aromatic N) is 5. The number of benzene rings is 1. The molecule has 0 spiro atoms. The molecule has 0 bridgehead atoms. The molecule has 5 heteroatoms. The highest BCUT2D eigenvalue weighted by atomic mass is 15.3. The smallest absolute Gasteiger partial charge is 0.204 e. The fraction of sp³-hybridized carbons (Fsp3) is 0.526. The summed E-state index contributed by atoms with van der Waals surface area (Å²) in [6.45, 7) is 6.64. The van der Waals surface area contributed by atoms with Crippen LogP contribution in [0.15, 0.2) is 36.5 Å². The summed E-state index contributed by atoms with van der Waals surface area (Å²) in [5.41, 5.74) is 2.70. The lowest BCUT2D eigenvalue weighted by Crippen LogP contribution is -2.30. The van der Waals surface area contributed by atoms with Crippen molar-refractivity contribution in [2.75, 3.05) is 45.2 Å². The van der Waals surface area contributed by atoms with Gasteiger partial charge in [-0.05, 0) is 25.1 Å². The number of hydrogen-bond acceptors (Lipinski definition) is 4. The van der Waals surface area contributed by atoms with Gasteiger partial charge in [0.2, 0.25) is 5.95 Å². The summed E-state index contributed by atoms with van der Waals surface area (Å²) in [5, 5.41) is 0. The maximum atomic E-state index is 4.53. The van der Waals surface area contributed by atoms with E-state index in [1.165, 1.54) is 24.2 Å². The van der Waals surface area contributed by atoms with Crippen molar-refractivity contribution in [1.82, 2.24) is 19.4 Å². The highest BCUT2D eigenvalue weighted by molar-refractivity contribution is 5.30. The molecule has 0 N–H and O–H groups in total. The van der Waals surface area contributed by atoms with Gasteiger partial charge in [0.1, 0.15) is 0 Å². The van der Waals surface area contributed by atoms with Crippen LogP contribution in [0, 0.1) is 0 Å². The zero-order chi connectivity index (χ0) is 16.9. The fourth-order valence-electron chi connectivity index (χ4n) is 3.41. The van der Waals surface area contributed by atoms with E-state index in [1.54, 1.807) is 0 Å². The summed E-state index contributed by atoms with van der Waals surface area (Å²) in [7, 11) is 6.19. The van der Waals surface area contributed by atoms with E-state index in [0.717, 1.165) is 38.7 Å². The second-order valence-electron chi connectivity index (χ2n) is 6.89. The molecule has 0 aliphatic carbocycles. The maximum Gasteiger partial charge on any atom is 0.204 e. The minimum atomic E-state index is 0.983. The van der Waals surface area contributed by atoms with Crippen molar-refractivity contribution in [2.45, 2.75) is 19.5 Å². The van der Waals surface area contributed by atoms with Crippen LogP contribution in [0.4, 0.5) is 5.95 Å². The Morgan fingerprint density at radius 3 is 2.25 bits per heavy atom. The molecule has 1 aromatic heterocycles. The Morgan fingerprint density at radius 2 is 1.62 bits per heavy atom. The van der Waals surface area contributed by atoms with E-state index in [9.17, 15) is 0 Å². The van der Waals surface area contributed by atoms with Crippen LogP contribution in [0.3, 0.4) is 0 Å². The van der Waals surface area contributed by atoms with Gasteiger partial charge in [-0.25, -0.2) is 4.98 Å². The molecule has 24 heavy (non-hydrogen) atoms. The molecule has 0 amide bonds. The van der Waals surface area contributed by atoms with Gasteiger partial charge in [0.05, 0.1) is 11.9 Å². The average molecular weight is 327 g/mol. The van der Waals surface area contributed by atoms with E-state index in [2.05, 4.69) is 61.6 Å². The first-order valence-electron chi connectivity index (χ1n) is 8.80. The molecule has 1 aliphatic heterocycles. The van der Waals surface area contributed by atoms with E-state index in [0.29, 0.717) is 0 Å². The topological polar surface area (TPSA) is 27.5 Å². The molecule has 1 saturated heterocycles. The number of anilines is 1. The third-order valence-electron chi connectivity index (χ3n) is 4.78. The van der Waals surface area contributed by atoms with Crippen LogP contribution in [0.2, 0.25) is 0 Å². The Kier molecular flexibility index (Phi) is 5.53. The zero-order valence-corrected chi connectivity index (χ0v) is 15.1. The molecule has 2 heterocycles. The van der Waals surface area contributed by atoms with Crippen molar-refractivity contribution in [3.8, 4) is 0 Å². The molecule has 0 unspecified atom stereocenters. The molecule has 130 valence electrons. The molecular weight excluding hydrogens is 298 g/mol. The summed E-state index contributed by atoms with van der Waals surface area (Å²) in [4.78, 5) is 11.7. The predicted octanol–water partition coefficient (Wildman–Crippen LogP) is 2.19. The van der Waals surface area contributed by atoms with E-state index in [-0.39, 0.29) is 0 Å². The van der Waals surface area contributed by atoms with Crippen LogP contribution >= 0.6 is 0 Å². The Morgan fingerprint density at radius 1 is 0.958 bits per heavy atom. The van der Waals surface area contributed by atoms with Gasteiger partial charge < -0.3 is 9.47 Å². The third-order valence-corrected chi connectivity index (χ3v) is 4.78. The van der Waals surface area contributed by atoms with Crippen LogP contribution in [-0.2, 0) is 20.1 Å². The standard InChI is InChI=1S/C19H29N5/c1-21(2)19-20-14-18(22(19)3)16-24-11-7-10-23(12-13-24)15-17-8-5-4-6-9-17/h4-6,8-9,14H,7,10-13,15-16H2,1-3H3. The number of hydrogen-bond donors (Lipinski definition) is 0. The molecule has 2 aromatic rings. The number of rotatable bonds is 5. The van der Waals surface area contributed by atoms with E-state index in [1.807, 2.05) is 20.3 Å². The minimum absolute atomic E-state index is 0.983. The van der Waals surface area contributed by atoms with E-state index < -0.39 is 0 Å². The van der Waals surface area contributed by atoms with Gasteiger partial charge in [0, 0.05) is 47.3 Å². The quantitative estimate of drug-likeness (QED) is 0.841. The minimum Gasteiger partial charge on any atom is -0.348 e. The summed E-state index contributed by atoms with van der Waals surface area (Å²) >= 11 is 0. The second kappa shape index (κ2) is 7.81. The first-order chi connectivity index (χ1) is 11.6.